The summed E-state index contributed by atoms with van der Waals surface area (Å²) >= 11 is 0. The lowest BCUT2D eigenvalue weighted by Crippen LogP contribution is -2.00. The fourth-order valence-electron chi connectivity index (χ4n) is 2.32. The minimum absolute atomic E-state index is 0.0704. The third-order valence-electron chi connectivity index (χ3n) is 3.38. The van der Waals surface area contributed by atoms with Crippen molar-refractivity contribution in [3.63, 3.8) is 0 Å². The molecule has 1 aromatic heterocycles. The zero-order chi connectivity index (χ0) is 14.1. The Morgan fingerprint density at radius 3 is 2.60 bits per heavy atom. The number of nitrogens with one attached hydrogen (secondary N) is 1. The highest BCUT2D eigenvalue weighted by molar-refractivity contribution is 6.17. The van der Waals surface area contributed by atoms with E-state index in [1.807, 2.05) is 37.3 Å². The van der Waals surface area contributed by atoms with Crippen molar-refractivity contribution in [2.45, 2.75) is 6.92 Å². The molecule has 3 aromatic rings. The van der Waals surface area contributed by atoms with Crippen molar-refractivity contribution in [3.8, 4) is 6.07 Å². The Kier molecular flexibility index (Phi) is 2.85. The minimum Gasteiger partial charge on any atom is -0.360 e. The van der Waals surface area contributed by atoms with Gasteiger partial charge in [0.2, 0.25) is 0 Å². The van der Waals surface area contributed by atoms with Gasteiger partial charge < -0.3 is 4.98 Å². The van der Waals surface area contributed by atoms with E-state index in [-0.39, 0.29) is 5.78 Å². The van der Waals surface area contributed by atoms with Crippen LogP contribution in [0, 0.1) is 18.3 Å². The quantitative estimate of drug-likeness (QED) is 0.716. The molecule has 0 radical (unpaired) electrons. The summed E-state index contributed by atoms with van der Waals surface area (Å²) in [6.07, 6.45) is 1.67. The van der Waals surface area contributed by atoms with Gasteiger partial charge in [-0.05, 0) is 19.1 Å². The molecule has 0 fully saturated rings. The number of nitrogens with zero attached hydrogens (tertiary/aromatic N) is 1. The number of aromatic nitrogens is 1. The second-order valence-electron chi connectivity index (χ2n) is 4.74. The van der Waals surface area contributed by atoms with E-state index in [9.17, 15) is 10.1 Å². The first-order valence-corrected chi connectivity index (χ1v) is 6.32. The van der Waals surface area contributed by atoms with E-state index in [0.29, 0.717) is 22.1 Å². The highest BCUT2D eigenvalue weighted by Gasteiger charge is 2.16. The standard InChI is InChI=1S/C17H12N2O/c1-11-5-7-12(8-6-11)17(20)14-10-19-15-4-2-3-13(9-18)16(14)15/h2-8,10,19H,1H3. The van der Waals surface area contributed by atoms with Gasteiger partial charge in [-0.3, -0.25) is 4.79 Å². The summed E-state index contributed by atoms with van der Waals surface area (Å²) in [6.45, 7) is 1.98. The number of ketones is 1. The van der Waals surface area contributed by atoms with Gasteiger partial charge >= 0.3 is 0 Å². The fraction of sp³-hybridized carbons (Fsp3) is 0.0588. The van der Waals surface area contributed by atoms with Crippen LogP contribution in [0.25, 0.3) is 10.9 Å². The summed E-state index contributed by atoms with van der Waals surface area (Å²) in [5.41, 5.74) is 3.60. The molecule has 0 spiro atoms. The number of hydrogen-bond donors (Lipinski definition) is 1. The smallest absolute Gasteiger partial charge is 0.195 e. The van der Waals surface area contributed by atoms with Crippen LogP contribution in [0.2, 0.25) is 0 Å². The van der Waals surface area contributed by atoms with E-state index in [1.165, 1.54) is 0 Å². The number of aryl methyl sites for hydroxylation is 1. The highest BCUT2D eigenvalue weighted by atomic mass is 16.1. The average molecular weight is 260 g/mol. The zero-order valence-electron chi connectivity index (χ0n) is 11.0. The first kappa shape index (κ1) is 12.2. The molecule has 0 aliphatic carbocycles. The molecule has 0 aliphatic rings. The second-order valence-corrected chi connectivity index (χ2v) is 4.74. The van der Waals surface area contributed by atoms with Gasteiger partial charge in [-0.15, -0.1) is 0 Å². The first-order chi connectivity index (χ1) is 9.70. The molecule has 96 valence electrons. The minimum atomic E-state index is -0.0704. The van der Waals surface area contributed by atoms with Crippen LogP contribution >= 0.6 is 0 Å². The summed E-state index contributed by atoms with van der Waals surface area (Å²) < 4.78 is 0. The molecule has 0 saturated carbocycles. The van der Waals surface area contributed by atoms with E-state index in [4.69, 9.17) is 0 Å². The van der Waals surface area contributed by atoms with Crippen LogP contribution < -0.4 is 0 Å². The Balaban J connectivity index is 2.18. The third-order valence-corrected chi connectivity index (χ3v) is 3.38. The lowest BCUT2D eigenvalue weighted by atomic mass is 9.99. The van der Waals surface area contributed by atoms with Crippen molar-refractivity contribution >= 4 is 16.7 Å². The van der Waals surface area contributed by atoms with Gasteiger partial charge in [-0.2, -0.15) is 5.26 Å². The van der Waals surface area contributed by atoms with Gasteiger partial charge in [0.05, 0.1) is 11.6 Å². The van der Waals surface area contributed by atoms with Crippen molar-refractivity contribution in [2.75, 3.05) is 0 Å². The molecule has 3 heteroatoms. The van der Waals surface area contributed by atoms with E-state index in [0.717, 1.165) is 11.1 Å². The van der Waals surface area contributed by atoms with Crippen molar-refractivity contribution in [2.24, 2.45) is 0 Å². The third kappa shape index (κ3) is 1.88. The van der Waals surface area contributed by atoms with Crippen LogP contribution in [0.1, 0.15) is 27.0 Å². The van der Waals surface area contributed by atoms with Crippen molar-refractivity contribution in [1.82, 2.24) is 4.98 Å². The van der Waals surface area contributed by atoms with Crippen LogP contribution in [0.15, 0.2) is 48.7 Å². The van der Waals surface area contributed by atoms with Gasteiger partial charge in [0.15, 0.2) is 5.78 Å². The number of fused-ring (bicyclic) bond motifs is 1. The molecule has 1 N–H and O–H groups in total. The molecule has 0 bridgehead atoms. The Labute approximate surface area is 116 Å². The number of H-pyrrole nitrogens is 1. The number of rotatable bonds is 2. The van der Waals surface area contributed by atoms with E-state index < -0.39 is 0 Å². The first-order valence-electron chi connectivity index (χ1n) is 6.32. The van der Waals surface area contributed by atoms with Crippen molar-refractivity contribution in [3.05, 3.63) is 70.9 Å². The summed E-state index contributed by atoms with van der Waals surface area (Å²) in [5.74, 6) is -0.0704. The number of benzene rings is 2. The van der Waals surface area contributed by atoms with E-state index in [2.05, 4.69) is 11.1 Å². The zero-order valence-corrected chi connectivity index (χ0v) is 11.0. The Morgan fingerprint density at radius 1 is 1.15 bits per heavy atom. The molecule has 1 heterocycles. The lowest BCUT2D eigenvalue weighted by Gasteiger charge is -2.01. The average Bonchev–Trinajstić information content (AvgIpc) is 2.91. The lowest BCUT2D eigenvalue weighted by molar-refractivity contribution is 0.104. The Hall–Kier alpha value is -2.86. The number of hydrogen-bond acceptors (Lipinski definition) is 2. The molecule has 3 rings (SSSR count). The molecule has 0 saturated heterocycles. The van der Waals surface area contributed by atoms with E-state index in [1.54, 1.807) is 18.3 Å². The second kappa shape index (κ2) is 4.67. The maximum Gasteiger partial charge on any atom is 0.195 e. The normalized spacial score (nSPS) is 10.4. The molecule has 0 atom stereocenters. The maximum absolute atomic E-state index is 12.6. The van der Waals surface area contributed by atoms with Gasteiger partial charge in [0.1, 0.15) is 0 Å². The molecule has 20 heavy (non-hydrogen) atoms. The van der Waals surface area contributed by atoms with E-state index >= 15 is 0 Å². The van der Waals surface area contributed by atoms with Crippen molar-refractivity contribution in [1.29, 1.82) is 5.26 Å². The molecular formula is C17H12N2O. The summed E-state index contributed by atoms with van der Waals surface area (Å²) in [5, 5.41) is 9.89. The highest BCUT2D eigenvalue weighted by Crippen LogP contribution is 2.24. The predicted octanol–water partition coefficient (Wildman–Crippen LogP) is 3.58. The largest absolute Gasteiger partial charge is 0.360 e. The van der Waals surface area contributed by atoms with Crippen LogP contribution in [-0.2, 0) is 0 Å². The number of aromatic amines is 1. The maximum atomic E-state index is 12.6. The molecule has 0 amide bonds. The number of carbonyl (C=O) groups excluding carboxylic acids is 1. The van der Waals surface area contributed by atoms with Crippen molar-refractivity contribution < 1.29 is 4.79 Å². The predicted molar refractivity (Wildman–Crippen MR) is 77.6 cm³/mol. The fourth-order valence-corrected chi connectivity index (χ4v) is 2.32. The molecule has 3 nitrogen and oxygen atoms in total. The van der Waals surface area contributed by atoms with Crippen LogP contribution in [0.5, 0.6) is 0 Å². The molecule has 0 unspecified atom stereocenters. The van der Waals surface area contributed by atoms with Gasteiger partial charge in [0.25, 0.3) is 0 Å². The summed E-state index contributed by atoms with van der Waals surface area (Å²) in [4.78, 5) is 15.6. The summed E-state index contributed by atoms with van der Waals surface area (Å²) in [6, 6.07) is 15.0. The SMILES string of the molecule is Cc1ccc(C(=O)c2c[nH]c3cccc(C#N)c23)cc1. The Bertz CT molecular complexity index is 836. The monoisotopic (exact) mass is 260 g/mol. The summed E-state index contributed by atoms with van der Waals surface area (Å²) in [7, 11) is 0. The molecule has 0 aliphatic heterocycles. The number of nitriles is 1. The molecule has 2 aromatic carbocycles. The van der Waals surface area contributed by atoms with Crippen LogP contribution in [-0.4, -0.2) is 10.8 Å². The van der Waals surface area contributed by atoms with Gasteiger partial charge in [-0.25, -0.2) is 0 Å². The van der Waals surface area contributed by atoms with Crippen LogP contribution in [0.4, 0.5) is 0 Å². The topological polar surface area (TPSA) is 56.6 Å². The number of carbonyl (C=O) groups is 1. The Morgan fingerprint density at radius 2 is 1.90 bits per heavy atom. The van der Waals surface area contributed by atoms with Crippen LogP contribution in [0.3, 0.4) is 0 Å². The van der Waals surface area contributed by atoms with Gasteiger partial charge in [-0.1, -0.05) is 35.9 Å². The van der Waals surface area contributed by atoms with Gasteiger partial charge in [0, 0.05) is 28.2 Å². The molecular weight excluding hydrogens is 248 g/mol.